The summed E-state index contributed by atoms with van der Waals surface area (Å²) in [7, 11) is -1.17. The summed E-state index contributed by atoms with van der Waals surface area (Å²) in [5, 5.41) is 1.51. The molecule has 7 heteroatoms. The SMILES string of the molecule is FC(F)(F)c1ccc(P(c2ccc(C(F)(F)F)cc2)C2C3C=C(c4ccccc4)C2CC3)cc1. The average Bonchev–Trinajstić information content (AvgIpc) is 3.37. The Balaban J connectivity index is 1.56. The van der Waals surface area contributed by atoms with Gasteiger partial charge in [0.2, 0.25) is 0 Å². The summed E-state index contributed by atoms with van der Waals surface area (Å²) in [5.74, 6) is 0.471. The first-order chi connectivity index (χ1) is 16.1. The lowest BCUT2D eigenvalue weighted by molar-refractivity contribution is -0.138. The molecule has 0 saturated heterocycles. The van der Waals surface area contributed by atoms with Crippen molar-refractivity contribution >= 4 is 24.1 Å². The second-order valence-electron chi connectivity index (χ2n) is 8.79. The Morgan fingerprint density at radius 3 is 1.59 bits per heavy atom. The first-order valence-electron chi connectivity index (χ1n) is 11.0. The predicted molar refractivity (Wildman–Crippen MR) is 123 cm³/mol. The molecular weight excluding hydrogens is 469 g/mol. The Morgan fingerprint density at radius 1 is 0.618 bits per heavy atom. The molecule has 34 heavy (non-hydrogen) atoms. The van der Waals surface area contributed by atoms with Crippen LogP contribution in [-0.4, -0.2) is 5.66 Å². The molecule has 1 fully saturated rings. The topological polar surface area (TPSA) is 0 Å². The van der Waals surface area contributed by atoms with Crippen molar-refractivity contribution in [2.45, 2.75) is 30.9 Å². The van der Waals surface area contributed by atoms with E-state index in [9.17, 15) is 26.3 Å². The minimum atomic E-state index is -4.44. The van der Waals surface area contributed by atoms with Crippen molar-refractivity contribution in [3.8, 4) is 0 Å². The Hall–Kier alpha value is -2.59. The van der Waals surface area contributed by atoms with Crippen LogP contribution in [0.3, 0.4) is 0 Å². The van der Waals surface area contributed by atoms with Crippen LogP contribution in [0, 0.1) is 11.8 Å². The van der Waals surface area contributed by atoms with Gasteiger partial charge in [0, 0.05) is 5.66 Å². The molecule has 1 saturated carbocycles. The van der Waals surface area contributed by atoms with E-state index in [-0.39, 0.29) is 17.5 Å². The van der Waals surface area contributed by atoms with Gasteiger partial charge < -0.3 is 0 Å². The van der Waals surface area contributed by atoms with Gasteiger partial charge in [0.25, 0.3) is 0 Å². The first kappa shape index (κ1) is 23.2. The van der Waals surface area contributed by atoms with Gasteiger partial charge in [-0.1, -0.05) is 60.7 Å². The molecule has 3 aromatic rings. The van der Waals surface area contributed by atoms with E-state index in [0.29, 0.717) is 0 Å². The van der Waals surface area contributed by atoms with Crippen LogP contribution in [0.5, 0.6) is 0 Å². The molecule has 2 aliphatic rings. The van der Waals surface area contributed by atoms with E-state index in [1.807, 2.05) is 18.2 Å². The summed E-state index contributed by atoms with van der Waals surface area (Å²) in [6, 6.07) is 20.4. The molecule has 0 amide bonds. The Labute approximate surface area is 195 Å². The van der Waals surface area contributed by atoms with Gasteiger partial charge in [0.05, 0.1) is 11.1 Å². The van der Waals surface area contributed by atoms with Gasteiger partial charge in [-0.3, -0.25) is 0 Å². The molecule has 0 aliphatic heterocycles. The molecular formula is C27H21F6P. The third-order valence-corrected chi connectivity index (χ3v) is 9.85. The van der Waals surface area contributed by atoms with E-state index in [2.05, 4.69) is 18.2 Å². The highest BCUT2D eigenvalue weighted by atomic mass is 31.1. The van der Waals surface area contributed by atoms with E-state index in [4.69, 9.17) is 0 Å². The van der Waals surface area contributed by atoms with E-state index < -0.39 is 31.4 Å². The standard InChI is InChI=1S/C27H21F6P/c28-26(29,30)19-7-11-21(12-8-19)34(22-13-9-20(10-14-22)27(31,32)33)25-18-6-15-23(25)24(16-18)17-4-2-1-3-5-17/h1-5,7-14,16,18,23,25H,6,15H2. The van der Waals surface area contributed by atoms with Crippen LogP contribution in [-0.2, 0) is 12.4 Å². The maximum Gasteiger partial charge on any atom is 0.416 e. The number of hydrogen-bond acceptors (Lipinski definition) is 0. The fraction of sp³-hybridized carbons (Fsp3) is 0.259. The van der Waals surface area contributed by atoms with Crippen molar-refractivity contribution in [1.29, 1.82) is 0 Å². The van der Waals surface area contributed by atoms with Crippen molar-refractivity contribution < 1.29 is 26.3 Å². The summed E-state index contributed by atoms with van der Waals surface area (Å²) in [6.07, 6.45) is -4.66. The number of hydrogen-bond donors (Lipinski definition) is 0. The average molecular weight is 490 g/mol. The van der Waals surface area contributed by atoms with E-state index in [0.717, 1.165) is 53.3 Å². The first-order valence-corrected chi connectivity index (χ1v) is 12.4. The molecule has 3 atom stereocenters. The summed E-state index contributed by atoms with van der Waals surface area (Å²) >= 11 is 0. The lowest BCUT2D eigenvalue weighted by Crippen LogP contribution is -2.26. The molecule has 0 N–H and O–H groups in total. The number of alkyl halides is 6. The maximum absolute atomic E-state index is 13.2. The smallest absolute Gasteiger partial charge is 0.166 e. The molecule has 176 valence electrons. The van der Waals surface area contributed by atoms with Gasteiger partial charge in [-0.05, 0) is 78.6 Å². The summed E-state index contributed by atoms with van der Waals surface area (Å²) < 4.78 is 79.0. The third-order valence-electron chi connectivity index (χ3n) is 6.81. The van der Waals surface area contributed by atoms with Gasteiger partial charge in [0.15, 0.2) is 0 Å². The third kappa shape index (κ3) is 4.29. The number of halogens is 6. The minimum absolute atomic E-state index is 0.138. The van der Waals surface area contributed by atoms with Gasteiger partial charge in [-0.2, -0.15) is 26.3 Å². The normalized spacial score (nSPS) is 22.3. The number of fused-ring (bicyclic) bond motifs is 2. The van der Waals surface area contributed by atoms with Crippen molar-refractivity contribution in [1.82, 2.24) is 0 Å². The van der Waals surface area contributed by atoms with Crippen LogP contribution >= 0.6 is 7.92 Å². The number of rotatable bonds is 4. The molecule has 3 aromatic carbocycles. The second-order valence-corrected chi connectivity index (χ2v) is 11.2. The minimum Gasteiger partial charge on any atom is -0.166 e. The van der Waals surface area contributed by atoms with Gasteiger partial charge in [-0.15, -0.1) is 0 Å². The molecule has 5 rings (SSSR count). The number of allylic oxidation sites excluding steroid dienone is 2. The fourth-order valence-corrected chi connectivity index (χ4v) is 8.53. The predicted octanol–water partition coefficient (Wildman–Crippen LogP) is 7.65. The van der Waals surface area contributed by atoms with Gasteiger partial charge in [0.1, 0.15) is 0 Å². The molecule has 0 aromatic heterocycles. The van der Waals surface area contributed by atoms with Crippen molar-refractivity contribution in [2.24, 2.45) is 11.8 Å². The molecule has 2 bridgehead atoms. The van der Waals surface area contributed by atoms with E-state index in [1.165, 1.54) is 29.8 Å². The van der Waals surface area contributed by atoms with Crippen molar-refractivity contribution in [3.63, 3.8) is 0 Å². The zero-order valence-electron chi connectivity index (χ0n) is 17.9. The van der Waals surface area contributed by atoms with Gasteiger partial charge >= 0.3 is 12.4 Å². The molecule has 3 unspecified atom stereocenters. The summed E-state index contributed by atoms with van der Waals surface area (Å²) in [4.78, 5) is 0. The zero-order valence-corrected chi connectivity index (χ0v) is 18.8. The number of benzene rings is 3. The highest BCUT2D eigenvalue weighted by Crippen LogP contribution is 2.61. The second kappa shape index (κ2) is 8.57. The lowest BCUT2D eigenvalue weighted by Gasteiger charge is -2.30. The van der Waals surface area contributed by atoms with Gasteiger partial charge in [-0.25, -0.2) is 0 Å². The molecule has 2 aliphatic carbocycles. The molecule has 0 heterocycles. The summed E-state index contributed by atoms with van der Waals surface area (Å²) in [5.41, 5.74) is 1.06. The lowest BCUT2D eigenvalue weighted by atomic mass is 9.92. The zero-order chi connectivity index (χ0) is 24.1. The van der Waals surface area contributed by atoms with Crippen molar-refractivity contribution in [3.05, 3.63) is 102 Å². The molecule has 0 radical (unpaired) electrons. The van der Waals surface area contributed by atoms with Crippen LogP contribution in [0.25, 0.3) is 5.57 Å². The Bertz CT molecular complexity index is 1120. The Kier molecular flexibility index (Phi) is 5.84. The van der Waals surface area contributed by atoms with Crippen LogP contribution in [0.4, 0.5) is 26.3 Å². The van der Waals surface area contributed by atoms with Crippen LogP contribution in [0.15, 0.2) is 84.9 Å². The van der Waals surface area contributed by atoms with E-state index >= 15 is 0 Å². The quantitative estimate of drug-likeness (QED) is 0.260. The highest BCUT2D eigenvalue weighted by molar-refractivity contribution is 7.73. The van der Waals surface area contributed by atoms with E-state index in [1.54, 1.807) is 0 Å². The fourth-order valence-electron chi connectivity index (χ4n) is 5.32. The van der Waals surface area contributed by atoms with Crippen LogP contribution < -0.4 is 10.6 Å². The highest BCUT2D eigenvalue weighted by Gasteiger charge is 2.47. The summed E-state index contributed by atoms with van der Waals surface area (Å²) in [6.45, 7) is 0. The molecule has 0 spiro atoms. The largest absolute Gasteiger partial charge is 0.416 e. The van der Waals surface area contributed by atoms with Crippen LogP contribution in [0.1, 0.15) is 29.5 Å². The maximum atomic E-state index is 13.2. The van der Waals surface area contributed by atoms with Crippen molar-refractivity contribution in [2.75, 3.05) is 0 Å². The van der Waals surface area contributed by atoms with Crippen LogP contribution in [0.2, 0.25) is 0 Å². The Morgan fingerprint density at radius 2 is 1.12 bits per heavy atom. The molecule has 0 nitrogen and oxygen atoms in total. The monoisotopic (exact) mass is 490 g/mol.